The lowest BCUT2D eigenvalue weighted by Crippen LogP contribution is -2.38. The number of hydrogen-bond acceptors (Lipinski definition) is 3. The van der Waals surface area contributed by atoms with E-state index in [-0.39, 0.29) is 11.8 Å². The van der Waals surface area contributed by atoms with Gasteiger partial charge in [0.25, 0.3) is 0 Å². The zero-order valence-corrected chi connectivity index (χ0v) is 9.02. The van der Waals surface area contributed by atoms with Crippen molar-refractivity contribution in [2.75, 3.05) is 18.8 Å². The second-order valence-corrected chi connectivity index (χ2v) is 4.21. The van der Waals surface area contributed by atoms with E-state index in [2.05, 4.69) is 5.32 Å². The van der Waals surface area contributed by atoms with Gasteiger partial charge in [-0.15, -0.1) is 0 Å². The minimum atomic E-state index is -0.714. The third-order valence-electron chi connectivity index (χ3n) is 3.14. The zero-order chi connectivity index (χ0) is 11.5. The van der Waals surface area contributed by atoms with Crippen LogP contribution < -0.4 is 11.1 Å². The summed E-state index contributed by atoms with van der Waals surface area (Å²) in [5.41, 5.74) is 7.42. The molecule has 4 heteroatoms. The van der Waals surface area contributed by atoms with Gasteiger partial charge in [0.05, 0.1) is 5.92 Å². The number of carboxylic acids is 1. The van der Waals surface area contributed by atoms with E-state index in [0.717, 1.165) is 12.1 Å². The van der Waals surface area contributed by atoms with Crippen LogP contribution >= 0.6 is 0 Å². The summed E-state index contributed by atoms with van der Waals surface area (Å²) in [5.74, 6) is -0.994. The molecule has 4 N–H and O–H groups in total. The Labute approximate surface area is 94.5 Å². The summed E-state index contributed by atoms with van der Waals surface area (Å²) in [6.07, 6.45) is 0.675. The van der Waals surface area contributed by atoms with Gasteiger partial charge < -0.3 is 16.2 Å². The minimum Gasteiger partial charge on any atom is -0.481 e. The highest BCUT2D eigenvalue weighted by Gasteiger charge is 2.31. The number of hydrogen-bond donors (Lipinski definition) is 3. The SMILES string of the molecule is Nc1cccc([C@@H]2CNCC[C@H]2C(=O)O)c1. The van der Waals surface area contributed by atoms with Crippen molar-refractivity contribution in [3.8, 4) is 0 Å². The van der Waals surface area contributed by atoms with E-state index in [0.29, 0.717) is 18.7 Å². The fourth-order valence-corrected chi connectivity index (χ4v) is 2.29. The van der Waals surface area contributed by atoms with Gasteiger partial charge in [0.2, 0.25) is 0 Å². The molecule has 1 aromatic carbocycles. The highest BCUT2D eigenvalue weighted by atomic mass is 16.4. The smallest absolute Gasteiger partial charge is 0.307 e. The molecule has 4 nitrogen and oxygen atoms in total. The van der Waals surface area contributed by atoms with Crippen molar-refractivity contribution < 1.29 is 9.90 Å². The van der Waals surface area contributed by atoms with Gasteiger partial charge in [0.15, 0.2) is 0 Å². The van der Waals surface area contributed by atoms with Crippen molar-refractivity contribution in [1.82, 2.24) is 5.32 Å². The van der Waals surface area contributed by atoms with E-state index in [1.165, 1.54) is 0 Å². The predicted octanol–water partition coefficient (Wildman–Crippen LogP) is 1.05. The monoisotopic (exact) mass is 220 g/mol. The van der Waals surface area contributed by atoms with Crippen LogP contribution in [0.5, 0.6) is 0 Å². The summed E-state index contributed by atoms with van der Waals surface area (Å²) in [5, 5.41) is 12.4. The van der Waals surface area contributed by atoms with E-state index < -0.39 is 5.97 Å². The second kappa shape index (κ2) is 4.53. The topological polar surface area (TPSA) is 75.3 Å². The van der Waals surface area contributed by atoms with Crippen LogP contribution in [0.4, 0.5) is 5.69 Å². The van der Waals surface area contributed by atoms with Gasteiger partial charge in [0, 0.05) is 18.2 Å². The number of piperidine rings is 1. The summed E-state index contributed by atoms with van der Waals surface area (Å²) in [4.78, 5) is 11.2. The first-order chi connectivity index (χ1) is 7.68. The molecule has 0 spiro atoms. The van der Waals surface area contributed by atoms with Gasteiger partial charge in [-0.25, -0.2) is 0 Å². The summed E-state index contributed by atoms with van der Waals surface area (Å²) in [7, 11) is 0. The molecule has 0 saturated carbocycles. The van der Waals surface area contributed by atoms with Gasteiger partial charge in [-0.3, -0.25) is 4.79 Å². The van der Waals surface area contributed by atoms with E-state index in [9.17, 15) is 9.90 Å². The average molecular weight is 220 g/mol. The van der Waals surface area contributed by atoms with Crippen molar-refractivity contribution in [3.63, 3.8) is 0 Å². The zero-order valence-electron chi connectivity index (χ0n) is 9.02. The summed E-state index contributed by atoms with van der Waals surface area (Å²) < 4.78 is 0. The Morgan fingerprint density at radius 2 is 2.31 bits per heavy atom. The Morgan fingerprint density at radius 3 is 3.00 bits per heavy atom. The van der Waals surface area contributed by atoms with Crippen molar-refractivity contribution >= 4 is 11.7 Å². The molecule has 0 aromatic heterocycles. The molecular formula is C12H16N2O2. The summed E-state index contributed by atoms with van der Waals surface area (Å²) >= 11 is 0. The van der Waals surface area contributed by atoms with Gasteiger partial charge in [-0.1, -0.05) is 12.1 Å². The van der Waals surface area contributed by atoms with Crippen LogP contribution in [-0.2, 0) is 4.79 Å². The lowest BCUT2D eigenvalue weighted by Gasteiger charge is -2.29. The van der Waals surface area contributed by atoms with Crippen molar-refractivity contribution in [2.45, 2.75) is 12.3 Å². The summed E-state index contributed by atoms with van der Waals surface area (Å²) in [6, 6.07) is 7.51. The number of carbonyl (C=O) groups is 1. The first kappa shape index (κ1) is 11.0. The first-order valence-electron chi connectivity index (χ1n) is 5.47. The maximum atomic E-state index is 11.2. The second-order valence-electron chi connectivity index (χ2n) is 4.21. The largest absolute Gasteiger partial charge is 0.481 e. The maximum Gasteiger partial charge on any atom is 0.307 e. The number of nitrogen functional groups attached to an aromatic ring is 1. The predicted molar refractivity (Wildman–Crippen MR) is 62.2 cm³/mol. The first-order valence-corrected chi connectivity index (χ1v) is 5.47. The van der Waals surface area contributed by atoms with Crippen molar-refractivity contribution in [1.29, 1.82) is 0 Å². The van der Waals surface area contributed by atoms with Crippen molar-refractivity contribution in [2.24, 2.45) is 5.92 Å². The number of nitrogens with one attached hydrogen (secondary N) is 1. The van der Waals surface area contributed by atoms with E-state index >= 15 is 0 Å². The molecule has 0 bridgehead atoms. The molecule has 1 heterocycles. The number of aliphatic carboxylic acids is 1. The molecule has 86 valence electrons. The normalized spacial score (nSPS) is 25.2. The van der Waals surface area contributed by atoms with Crippen LogP contribution in [0, 0.1) is 5.92 Å². The van der Waals surface area contributed by atoms with Gasteiger partial charge >= 0.3 is 5.97 Å². The summed E-state index contributed by atoms with van der Waals surface area (Å²) in [6.45, 7) is 1.48. The average Bonchev–Trinajstić information content (AvgIpc) is 2.29. The van der Waals surface area contributed by atoms with Crippen molar-refractivity contribution in [3.05, 3.63) is 29.8 Å². The highest BCUT2D eigenvalue weighted by Crippen LogP contribution is 2.30. The number of rotatable bonds is 2. The van der Waals surface area contributed by atoms with Gasteiger partial charge in [0.1, 0.15) is 0 Å². The number of anilines is 1. The fourth-order valence-electron chi connectivity index (χ4n) is 2.29. The Balaban J connectivity index is 2.26. The molecule has 0 aliphatic carbocycles. The maximum absolute atomic E-state index is 11.2. The van der Waals surface area contributed by atoms with Gasteiger partial charge in [-0.2, -0.15) is 0 Å². The van der Waals surface area contributed by atoms with Crippen LogP contribution in [0.25, 0.3) is 0 Å². The molecule has 16 heavy (non-hydrogen) atoms. The molecule has 0 unspecified atom stereocenters. The quantitative estimate of drug-likeness (QED) is 0.651. The Hall–Kier alpha value is -1.55. The molecule has 1 aliphatic rings. The molecule has 1 saturated heterocycles. The lowest BCUT2D eigenvalue weighted by atomic mass is 9.81. The minimum absolute atomic E-state index is 0.0229. The third-order valence-corrected chi connectivity index (χ3v) is 3.14. The van der Waals surface area contributed by atoms with Crippen LogP contribution in [0.15, 0.2) is 24.3 Å². The molecule has 1 aromatic rings. The van der Waals surface area contributed by atoms with Crippen LogP contribution in [0.3, 0.4) is 0 Å². The van der Waals surface area contributed by atoms with Crippen LogP contribution in [-0.4, -0.2) is 24.2 Å². The van der Waals surface area contributed by atoms with E-state index in [1.807, 2.05) is 24.3 Å². The van der Waals surface area contributed by atoms with E-state index in [1.54, 1.807) is 0 Å². The molecule has 1 aliphatic heterocycles. The molecule has 1 fully saturated rings. The number of benzene rings is 1. The molecular weight excluding hydrogens is 204 g/mol. The highest BCUT2D eigenvalue weighted by molar-refractivity contribution is 5.71. The Bertz CT molecular complexity index is 392. The molecule has 2 rings (SSSR count). The molecule has 0 amide bonds. The van der Waals surface area contributed by atoms with Crippen LogP contribution in [0.2, 0.25) is 0 Å². The van der Waals surface area contributed by atoms with Crippen LogP contribution in [0.1, 0.15) is 17.9 Å². The number of carboxylic acid groups (broad SMARTS) is 1. The molecule has 0 radical (unpaired) electrons. The Morgan fingerprint density at radius 1 is 1.50 bits per heavy atom. The van der Waals surface area contributed by atoms with E-state index in [4.69, 9.17) is 5.73 Å². The third kappa shape index (κ3) is 2.17. The fraction of sp³-hybridized carbons (Fsp3) is 0.417. The Kier molecular flexibility index (Phi) is 3.10. The standard InChI is InChI=1S/C12H16N2O2/c13-9-3-1-2-8(6-9)11-7-14-5-4-10(11)12(15)16/h1-3,6,10-11,14H,4-5,7,13H2,(H,15,16)/t10-,11+/m1/s1. The molecule has 2 atom stereocenters. The lowest BCUT2D eigenvalue weighted by molar-refractivity contribution is -0.143. The number of nitrogens with two attached hydrogens (primary N) is 1. The van der Waals surface area contributed by atoms with Gasteiger partial charge in [-0.05, 0) is 30.7 Å².